The van der Waals surface area contributed by atoms with E-state index in [1.165, 1.54) is 0 Å². The molecule has 0 spiro atoms. The van der Waals surface area contributed by atoms with Gasteiger partial charge in [0, 0.05) is 16.2 Å². The molecule has 4 heteroatoms. The molecule has 0 fully saturated rings. The summed E-state index contributed by atoms with van der Waals surface area (Å²) in [5.41, 5.74) is 2.35. The van der Waals surface area contributed by atoms with Gasteiger partial charge in [-0.3, -0.25) is 4.79 Å². The number of carbonyl (C=O) groups is 1. The lowest BCUT2D eigenvalue weighted by atomic mass is 10.1. The number of ether oxygens (including phenoxy) is 1. The van der Waals surface area contributed by atoms with Crippen molar-refractivity contribution in [2.45, 2.75) is 17.6 Å². The number of rotatable bonds is 5. The largest absolute Gasteiger partial charge is 0.495 e. The first-order valence-corrected chi connectivity index (χ1v) is 7.43. The van der Waals surface area contributed by atoms with E-state index >= 15 is 0 Å². The number of nitrogens with zero attached hydrogens (tertiary/aromatic N) is 1. The maximum atomic E-state index is 11.2. The number of carbonyl (C=O) groups excluding carboxylic acids is 1. The van der Waals surface area contributed by atoms with Crippen LogP contribution in [-0.4, -0.2) is 12.9 Å². The minimum Gasteiger partial charge on any atom is -0.495 e. The molecule has 0 aliphatic rings. The van der Waals surface area contributed by atoms with Crippen LogP contribution in [0.25, 0.3) is 0 Å². The summed E-state index contributed by atoms with van der Waals surface area (Å²) < 4.78 is 5.20. The van der Waals surface area contributed by atoms with E-state index in [0.717, 1.165) is 21.8 Å². The first-order chi connectivity index (χ1) is 10.1. The van der Waals surface area contributed by atoms with Gasteiger partial charge >= 0.3 is 0 Å². The topological polar surface area (TPSA) is 50.1 Å². The number of Topliss-reactive ketones (excluding diaryl/α,β-unsaturated/α-hetero) is 1. The minimum absolute atomic E-state index is 0.0726. The van der Waals surface area contributed by atoms with Crippen molar-refractivity contribution in [3.63, 3.8) is 0 Å². The smallest absolute Gasteiger partial charge is 0.159 e. The Labute approximate surface area is 128 Å². The molecule has 2 aromatic rings. The fraction of sp³-hybridized carbons (Fsp3) is 0.176. The lowest BCUT2D eigenvalue weighted by Gasteiger charge is -2.07. The molecule has 106 valence electrons. The van der Waals surface area contributed by atoms with E-state index in [9.17, 15) is 4.79 Å². The Morgan fingerprint density at radius 3 is 2.52 bits per heavy atom. The molecule has 21 heavy (non-hydrogen) atoms. The summed E-state index contributed by atoms with van der Waals surface area (Å²) in [5, 5.41) is 8.96. The predicted molar refractivity (Wildman–Crippen MR) is 83.7 cm³/mol. The van der Waals surface area contributed by atoms with Crippen molar-refractivity contribution in [3.05, 3.63) is 59.2 Å². The molecule has 0 heterocycles. The third-order valence-corrected chi connectivity index (χ3v) is 4.14. The number of ketones is 1. The van der Waals surface area contributed by atoms with Gasteiger partial charge in [0.25, 0.3) is 0 Å². The van der Waals surface area contributed by atoms with E-state index in [0.29, 0.717) is 11.3 Å². The Balaban J connectivity index is 2.06. The third kappa shape index (κ3) is 3.87. The zero-order chi connectivity index (χ0) is 15.2. The summed E-state index contributed by atoms with van der Waals surface area (Å²) in [6, 6.07) is 15.3. The van der Waals surface area contributed by atoms with Crippen molar-refractivity contribution in [3.8, 4) is 11.8 Å². The molecule has 0 N–H and O–H groups in total. The molecule has 0 bridgehead atoms. The quantitative estimate of drug-likeness (QED) is 0.617. The average molecular weight is 297 g/mol. The van der Waals surface area contributed by atoms with Crippen LogP contribution in [0, 0.1) is 11.3 Å². The zero-order valence-electron chi connectivity index (χ0n) is 11.9. The molecular weight excluding hydrogens is 282 g/mol. The van der Waals surface area contributed by atoms with Crippen LogP contribution in [0.15, 0.2) is 47.4 Å². The molecule has 0 unspecified atom stereocenters. The Kier molecular flexibility index (Phi) is 5.02. The van der Waals surface area contributed by atoms with Crippen molar-refractivity contribution in [1.29, 1.82) is 5.26 Å². The lowest BCUT2D eigenvalue weighted by Crippen LogP contribution is -1.91. The van der Waals surface area contributed by atoms with Crippen molar-refractivity contribution in [1.82, 2.24) is 0 Å². The van der Waals surface area contributed by atoms with Gasteiger partial charge < -0.3 is 4.74 Å². The highest BCUT2D eigenvalue weighted by atomic mass is 32.2. The second-order valence-corrected chi connectivity index (χ2v) is 5.56. The summed E-state index contributed by atoms with van der Waals surface area (Å²) in [4.78, 5) is 12.3. The summed E-state index contributed by atoms with van der Waals surface area (Å²) in [7, 11) is 1.56. The van der Waals surface area contributed by atoms with Crippen LogP contribution in [0.1, 0.15) is 28.4 Å². The standard InChI is InChI=1S/C17H15NO2S/c1-12(19)14-5-7-16(8-6-14)21-11-13-3-4-15(10-18)17(9-13)20-2/h3-9H,11H2,1-2H3. The molecule has 0 atom stereocenters. The Morgan fingerprint density at radius 1 is 1.24 bits per heavy atom. The summed E-state index contributed by atoms with van der Waals surface area (Å²) in [5.74, 6) is 1.45. The van der Waals surface area contributed by atoms with Crippen molar-refractivity contribution < 1.29 is 9.53 Å². The minimum atomic E-state index is 0.0726. The van der Waals surface area contributed by atoms with Crippen LogP contribution in [0.4, 0.5) is 0 Å². The van der Waals surface area contributed by atoms with Gasteiger partial charge in [0.1, 0.15) is 11.8 Å². The number of hydrogen-bond acceptors (Lipinski definition) is 4. The zero-order valence-corrected chi connectivity index (χ0v) is 12.7. The number of thioether (sulfide) groups is 1. The van der Waals surface area contributed by atoms with E-state index in [2.05, 4.69) is 6.07 Å². The maximum absolute atomic E-state index is 11.2. The predicted octanol–water partition coefficient (Wildman–Crippen LogP) is 4.06. The van der Waals surface area contributed by atoms with Gasteiger partial charge in [-0.15, -0.1) is 11.8 Å². The van der Waals surface area contributed by atoms with Gasteiger partial charge in [0.05, 0.1) is 12.7 Å². The molecule has 2 rings (SSSR count). The number of methoxy groups -OCH3 is 1. The van der Waals surface area contributed by atoms with Gasteiger partial charge in [-0.2, -0.15) is 5.26 Å². The van der Waals surface area contributed by atoms with E-state index in [4.69, 9.17) is 10.00 Å². The first-order valence-electron chi connectivity index (χ1n) is 6.45. The highest BCUT2D eigenvalue weighted by Crippen LogP contribution is 2.26. The monoisotopic (exact) mass is 297 g/mol. The van der Waals surface area contributed by atoms with Crippen LogP contribution < -0.4 is 4.74 Å². The van der Waals surface area contributed by atoms with Crippen molar-refractivity contribution in [2.75, 3.05) is 7.11 Å². The van der Waals surface area contributed by atoms with Gasteiger partial charge in [-0.05, 0) is 36.8 Å². The van der Waals surface area contributed by atoms with Gasteiger partial charge in [0.15, 0.2) is 5.78 Å². The van der Waals surface area contributed by atoms with Crippen LogP contribution in [0.3, 0.4) is 0 Å². The molecule has 2 aromatic carbocycles. The van der Waals surface area contributed by atoms with Gasteiger partial charge in [-0.1, -0.05) is 18.2 Å². The maximum Gasteiger partial charge on any atom is 0.159 e. The normalized spacial score (nSPS) is 9.95. The number of benzene rings is 2. The Bertz CT molecular complexity index is 687. The van der Waals surface area contributed by atoms with E-state index < -0.39 is 0 Å². The molecule has 0 saturated heterocycles. The Morgan fingerprint density at radius 2 is 1.95 bits per heavy atom. The fourth-order valence-corrected chi connectivity index (χ4v) is 2.71. The SMILES string of the molecule is COc1cc(CSc2ccc(C(C)=O)cc2)ccc1C#N. The third-order valence-electron chi connectivity index (χ3n) is 3.05. The molecule has 3 nitrogen and oxygen atoms in total. The van der Waals surface area contributed by atoms with Gasteiger partial charge in [-0.25, -0.2) is 0 Å². The summed E-state index contributed by atoms with van der Waals surface area (Å²) in [6.45, 7) is 1.56. The van der Waals surface area contributed by atoms with E-state index in [1.807, 2.05) is 36.4 Å². The average Bonchev–Trinajstić information content (AvgIpc) is 2.52. The van der Waals surface area contributed by atoms with Crippen LogP contribution in [0.2, 0.25) is 0 Å². The van der Waals surface area contributed by atoms with Crippen LogP contribution >= 0.6 is 11.8 Å². The van der Waals surface area contributed by atoms with Crippen LogP contribution in [0.5, 0.6) is 5.75 Å². The fourth-order valence-electron chi connectivity index (χ4n) is 1.87. The highest BCUT2D eigenvalue weighted by molar-refractivity contribution is 7.98. The summed E-state index contributed by atoms with van der Waals surface area (Å²) >= 11 is 1.68. The number of hydrogen-bond donors (Lipinski definition) is 0. The molecule has 0 aliphatic heterocycles. The van der Waals surface area contributed by atoms with Crippen LogP contribution in [-0.2, 0) is 5.75 Å². The van der Waals surface area contributed by atoms with E-state index in [1.54, 1.807) is 31.9 Å². The molecule has 0 amide bonds. The highest BCUT2D eigenvalue weighted by Gasteiger charge is 2.05. The lowest BCUT2D eigenvalue weighted by molar-refractivity contribution is 0.101. The second kappa shape index (κ2) is 6.96. The molecule has 0 aromatic heterocycles. The van der Waals surface area contributed by atoms with Crippen molar-refractivity contribution >= 4 is 17.5 Å². The molecule has 0 saturated carbocycles. The van der Waals surface area contributed by atoms with Crippen molar-refractivity contribution in [2.24, 2.45) is 0 Å². The number of nitriles is 1. The molecule has 0 aliphatic carbocycles. The van der Waals surface area contributed by atoms with Gasteiger partial charge in [0.2, 0.25) is 0 Å². The van der Waals surface area contributed by atoms with E-state index in [-0.39, 0.29) is 5.78 Å². The molecule has 0 radical (unpaired) electrons. The second-order valence-electron chi connectivity index (χ2n) is 4.52. The Hall–Kier alpha value is -2.25. The molecular formula is C17H15NO2S. The first kappa shape index (κ1) is 15.1. The summed E-state index contributed by atoms with van der Waals surface area (Å²) in [6.07, 6.45) is 0.